The van der Waals surface area contributed by atoms with Gasteiger partial charge in [-0.15, -0.1) is 0 Å². The van der Waals surface area contributed by atoms with Gasteiger partial charge in [-0.1, -0.05) is 42.5 Å². The van der Waals surface area contributed by atoms with Crippen molar-refractivity contribution in [3.8, 4) is 0 Å². The van der Waals surface area contributed by atoms with Crippen molar-refractivity contribution in [1.29, 1.82) is 0 Å². The number of benzene rings is 2. The minimum atomic E-state index is 1.03. The zero-order valence-corrected chi connectivity index (χ0v) is 16.6. The van der Waals surface area contributed by atoms with Crippen molar-refractivity contribution in [3.63, 3.8) is 0 Å². The largest absolute Gasteiger partial charge is 0.359 e. The summed E-state index contributed by atoms with van der Waals surface area (Å²) in [7, 11) is 0. The van der Waals surface area contributed by atoms with Gasteiger partial charge in [0.15, 0.2) is 0 Å². The zero-order valence-electron chi connectivity index (χ0n) is 16.6. The SMILES string of the molecule is C/C(=C1\N=C(c2[nH]c3ccccc3c2C)c2ccccc21)c1[nH]c(C)cc1C. The van der Waals surface area contributed by atoms with Crippen molar-refractivity contribution in [2.45, 2.75) is 27.7 Å². The minimum Gasteiger partial charge on any atom is -0.359 e. The fourth-order valence-electron chi connectivity index (χ4n) is 4.36. The molecule has 3 heteroatoms. The smallest absolute Gasteiger partial charge is 0.0954 e. The number of aromatic amines is 2. The highest BCUT2D eigenvalue weighted by atomic mass is 14.9. The Morgan fingerprint density at radius 1 is 0.857 bits per heavy atom. The number of aromatic nitrogens is 2. The summed E-state index contributed by atoms with van der Waals surface area (Å²) in [6, 6.07) is 19.2. The van der Waals surface area contributed by atoms with E-state index in [-0.39, 0.29) is 0 Å². The first kappa shape index (κ1) is 16.8. The monoisotopic (exact) mass is 365 g/mol. The Labute approximate surface area is 164 Å². The molecule has 0 amide bonds. The second-order valence-electron chi connectivity index (χ2n) is 7.66. The van der Waals surface area contributed by atoms with E-state index in [1.54, 1.807) is 0 Å². The van der Waals surface area contributed by atoms with Gasteiger partial charge in [-0.05, 0) is 56.5 Å². The van der Waals surface area contributed by atoms with Gasteiger partial charge in [0.1, 0.15) is 0 Å². The minimum absolute atomic E-state index is 1.03. The van der Waals surface area contributed by atoms with Crippen LogP contribution in [0.4, 0.5) is 0 Å². The van der Waals surface area contributed by atoms with Gasteiger partial charge in [0, 0.05) is 33.4 Å². The summed E-state index contributed by atoms with van der Waals surface area (Å²) in [5, 5.41) is 1.25. The molecule has 1 aliphatic rings. The van der Waals surface area contributed by atoms with E-state index in [9.17, 15) is 0 Å². The average molecular weight is 365 g/mol. The molecule has 0 atom stereocenters. The molecular weight excluding hydrogens is 342 g/mol. The highest BCUT2D eigenvalue weighted by Gasteiger charge is 2.26. The maximum Gasteiger partial charge on any atom is 0.0954 e. The Hall–Kier alpha value is -3.33. The Morgan fingerprint density at radius 2 is 1.57 bits per heavy atom. The van der Waals surface area contributed by atoms with Crippen LogP contribution in [0.3, 0.4) is 0 Å². The Morgan fingerprint density at radius 3 is 2.29 bits per heavy atom. The van der Waals surface area contributed by atoms with Crippen molar-refractivity contribution in [1.82, 2.24) is 9.97 Å². The van der Waals surface area contributed by atoms with Crippen LogP contribution in [0.5, 0.6) is 0 Å². The van der Waals surface area contributed by atoms with Crippen molar-refractivity contribution in [3.05, 3.63) is 93.9 Å². The molecule has 2 aromatic heterocycles. The summed E-state index contributed by atoms with van der Waals surface area (Å²) in [6.07, 6.45) is 0. The van der Waals surface area contributed by atoms with E-state index < -0.39 is 0 Å². The Bertz CT molecular complexity index is 1290. The van der Waals surface area contributed by atoms with Crippen LogP contribution in [0.15, 0.2) is 59.6 Å². The zero-order chi connectivity index (χ0) is 19.4. The Balaban J connectivity index is 1.77. The number of nitrogens with zero attached hydrogens (tertiary/aromatic N) is 1. The molecule has 4 aromatic rings. The van der Waals surface area contributed by atoms with E-state index in [0.29, 0.717) is 0 Å². The molecule has 1 aliphatic heterocycles. The molecule has 0 radical (unpaired) electrons. The van der Waals surface area contributed by atoms with Crippen LogP contribution in [-0.2, 0) is 0 Å². The number of H-pyrrole nitrogens is 2. The molecule has 0 saturated carbocycles. The molecule has 0 saturated heterocycles. The van der Waals surface area contributed by atoms with E-state index in [4.69, 9.17) is 4.99 Å². The van der Waals surface area contributed by atoms with Crippen LogP contribution in [0.2, 0.25) is 0 Å². The number of aryl methyl sites for hydroxylation is 3. The van der Waals surface area contributed by atoms with Crippen LogP contribution in [-0.4, -0.2) is 15.7 Å². The summed E-state index contributed by atoms with van der Waals surface area (Å²) in [4.78, 5) is 12.3. The van der Waals surface area contributed by atoms with E-state index >= 15 is 0 Å². The molecular formula is C25H23N3. The van der Waals surface area contributed by atoms with Gasteiger partial charge in [0.05, 0.1) is 17.1 Å². The lowest BCUT2D eigenvalue weighted by atomic mass is 9.98. The van der Waals surface area contributed by atoms with Crippen LogP contribution < -0.4 is 0 Å². The van der Waals surface area contributed by atoms with Gasteiger partial charge in [-0.3, -0.25) is 0 Å². The summed E-state index contributed by atoms with van der Waals surface area (Å²) in [5.41, 5.74) is 12.7. The number of hydrogen-bond donors (Lipinski definition) is 2. The quantitative estimate of drug-likeness (QED) is 0.427. The van der Waals surface area contributed by atoms with Crippen LogP contribution in [0, 0.1) is 20.8 Å². The third kappa shape index (κ3) is 2.40. The molecule has 28 heavy (non-hydrogen) atoms. The van der Waals surface area contributed by atoms with Crippen molar-refractivity contribution < 1.29 is 0 Å². The van der Waals surface area contributed by atoms with Gasteiger partial charge in [0.2, 0.25) is 0 Å². The topological polar surface area (TPSA) is 43.9 Å². The molecule has 5 rings (SSSR count). The molecule has 0 unspecified atom stereocenters. The lowest BCUT2D eigenvalue weighted by Crippen LogP contribution is -2.02. The van der Waals surface area contributed by atoms with Gasteiger partial charge >= 0.3 is 0 Å². The summed E-state index contributed by atoms with van der Waals surface area (Å²) in [5.74, 6) is 0. The number of nitrogens with one attached hydrogen (secondary N) is 2. The van der Waals surface area contributed by atoms with Gasteiger partial charge in [-0.2, -0.15) is 0 Å². The maximum absolute atomic E-state index is 5.15. The first-order chi connectivity index (χ1) is 13.5. The maximum atomic E-state index is 5.15. The first-order valence-corrected chi connectivity index (χ1v) is 9.68. The number of hydrogen-bond acceptors (Lipinski definition) is 1. The van der Waals surface area contributed by atoms with Crippen molar-refractivity contribution in [2.75, 3.05) is 0 Å². The molecule has 3 heterocycles. The summed E-state index contributed by atoms with van der Waals surface area (Å²) >= 11 is 0. The number of para-hydroxylation sites is 1. The van der Waals surface area contributed by atoms with E-state index in [0.717, 1.165) is 22.6 Å². The third-order valence-corrected chi connectivity index (χ3v) is 5.74. The number of allylic oxidation sites excluding steroid dienone is 1. The fraction of sp³-hybridized carbons (Fsp3) is 0.160. The predicted molar refractivity (Wildman–Crippen MR) is 118 cm³/mol. The van der Waals surface area contributed by atoms with Crippen LogP contribution in [0.1, 0.15) is 46.3 Å². The molecule has 0 spiro atoms. The number of aliphatic imine (C=N–C) groups is 1. The fourth-order valence-corrected chi connectivity index (χ4v) is 4.36. The lowest BCUT2D eigenvalue weighted by molar-refractivity contribution is 1.22. The lowest BCUT2D eigenvalue weighted by Gasteiger charge is -2.06. The third-order valence-electron chi connectivity index (χ3n) is 5.74. The molecule has 2 aromatic carbocycles. The van der Waals surface area contributed by atoms with Crippen LogP contribution in [0.25, 0.3) is 22.2 Å². The standard InChI is InChI=1S/C25H23N3/c1-14-13-15(2)26-22(14)17(4)23-19-10-5-6-11-20(19)25(28-23)24-16(3)18-9-7-8-12-21(18)27-24/h5-13,26-27H,1-4H3/b23-17+. The second-order valence-corrected chi connectivity index (χ2v) is 7.66. The highest BCUT2D eigenvalue weighted by Crippen LogP contribution is 2.38. The number of rotatable bonds is 2. The van der Waals surface area contributed by atoms with Crippen molar-refractivity contribution in [2.24, 2.45) is 4.99 Å². The van der Waals surface area contributed by atoms with Gasteiger partial charge < -0.3 is 9.97 Å². The van der Waals surface area contributed by atoms with E-state index in [1.807, 2.05) is 0 Å². The van der Waals surface area contributed by atoms with Gasteiger partial charge in [0.25, 0.3) is 0 Å². The van der Waals surface area contributed by atoms with Crippen LogP contribution >= 0.6 is 0 Å². The predicted octanol–water partition coefficient (Wildman–Crippen LogP) is 6.16. The molecule has 0 aliphatic carbocycles. The Kier molecular flexibility index (Phi) is 3.66. The van der Waals surface area contributed by atoms with Gasteiger partial charge in [-0.25, -0.2) is 4.99 Å². The normalized spacial score (nSPS) is 15.1. The first-order valence-electron chi connectivity index (χ1n) is 9.68. The highest BCUT2D eigenvalue weighted by molar-refractivity contribution is 6.23. The van der Waals surface area contributed by atoms with Crippen molar-refractivity contribution >= 4 is 27.9 Å². The second kappa shape index (κ2) is 6.10. The summed E-state index contributed by atoms with van der Waals surface area (Å²) in [6.45, 7) is 8.58. The van der Waals surface area contributed by atoms with E-state index in [1.165, 1.54) is 44.6 Å². The molecule has 0 fully saturated rings. The molecule has 3 nitrogen and oxygen atoms in total. The average Bonchev–Trinajstić information content (AvgIpc) is 3.35. The number of fused-ring (bicyclic) bond motifs is 2. The molecule has 138 valence electrons. The summed E-state index contributed by atoms with van der Waals surface area (Å²) < 4.78 is 0. The van der Waals surface area contributed by atoms with E-state index in [2.05, 4.69) is 92.3 Å². The molecule has 0 bridgehead atoms. The molecule has 2 N–H and O–H groups in total.